The topological polar surface area (TPSA) is 104 Å². The Morgan fingerprint density at radius 1 is 1.13 bits per heavy atom. The van der Waals surface area contributed by atoms with Crippen molar-refractivity contribution in [1.82, 2.24) is 5.32 Å². The van der Waals surface area contributed by atoms with Crippen molar-refractivity contribution < 1.29 is 24.6 Å². The minimum Gasteiger partial charge on any atom is -0.481 e. The van der Waals surface area contributed by atoms with E-state index in [1.54, 1.807) is 6.92 Å². The molecule has 0 bridgehead atoms. The highest BCUT2D eigenvalue weighted by atomic mass is 16.4. The number of rotatable bonds is 6. The molecule has 0 radical (unpaired) electrons. The lowest BCUT2D eigenvalue weighted by atomic mass is 10.0. The van der Waals surface area contributed by atoms with E-state index in [4.69, 9.17) is 10.2 Å². The molecule has 3 N–H and O–H groups in total. The highest BCUT2D eigenvalue weighted by Crippen LogP contribution is 2.02. The number of carbonyl (C=O) groups excluding carboxylic acids is 1. The van der Waals surface area contributed by atoms with Crippen LogP contribution < -0.4 is 5.32 Å². The first-order chi connectivity index (χ1) is 6.84. The fourth-order valence-corrected chi connectivity index (χ4v) is 0.885. The number of hydrogen-bond donors (Lipinski definition) is 3. The van der Waals surface area contributed by atoms with Gasteiger partial charge in [-0.15, -0.1) is 0 Å². The maximum absolute atomic E-state index is 11.1. The Labute approximate surface area is 87.3 Å². The standard InChI is InChI=1S/C9H15NO5/c1-5(9(14)15)6(2)10-7(11)3-4-8(12)13/h5-6H,3-4H2,1-2H3,(H,10,11)(H,12,13)(H,14,15). The van der Waals surface area contributed by atoms with E-state index in [-0.39, 0.29) is 12.8 Å². The van der Waals surface area contributed by atoms with Crippen molar-refractivity contribution >= 4 is 17.8 Å². The summed E-state index contributed by atoms with van der Waals surface area (Å²) in [5.74, 6) is -3.19. The van der Waals surface area contributed by atoms with Crippen molar-refractivity contribution in [3.8, 4) is 0 Å². The van der Waals surface area contributed by atoms with Crippen molar-refractivity contribution in [1.29, 1.82) is 0 Å². The van der Waals surface area contributed by atoms with Crippen LogP contribution in [-0.2, 0) is 14.4 Å². The summed E-state index contributed by atoms with van der Waals surface area (Å²) in [6.07, 6.45) is -0.383. The molecule has 0 fully saturated rings. The number of hydrogen-bond acceptors (Lipinski definition) is 3. The summed E-state index contributed by atoms with van der Waals surface area (Å²) in [6.45, 7) is 3.04. The molecule has 6 nitrogen and oxygen atoms in total. The molecule has 2 atom stereocenters. The van der Waals surface area contributed by atoms with Gasteiger partial charge in [-0.25, -0.2) is 0 Å². The SMILES string of the molecule is CC(NC(=O)CCC(=O)O)C(C)C(=O)O. The predicted molar refractivity (Wildman–Crippen MR) is 51.3 cm³/mol. The highest BCUT2D eigenvalue weighted by molar-refractivity contribution is 5.81. The monoisotopic (exact) mass is 217 g/mol. The molecule has 0 aliphatic heterocycles. The van der Waals surface area contributed by atoms with Crippen LogP contribution in [-0.4, -0.2) is 34.1 Å². The molecule has 1 amide bonds. The van der Waals surface area contributed by atoms with E-state index >= 15 is 0 Å². The molecule has 0 rings (SSSR count). The number of carboxylic acid groups (broad SMARTS) is 2. The molecular weight excluding hydrogens is 202 g/mol. The van der Waals surface area contributed by atoms with E-state index in [1.165, 1.54) is 6.92 Å². The van der Waals surface area contributed by atoms with E-state index in [2.05, 4.69) is 5.32 Å². The normalized spacial score (nSPS) is 14.0. The van der Waals surface area contributed by atoms with Gasteiger partial charge in [0.25, 0.3) is 0 Å². The van der Waals surface area contributed by atoms with Crippen molar-refractivity contribution in [2.24, 2.45) is 5.92 Å². The van der Waals surface area contributed by atoms with Gasteiger partial charge in [-0.3, -0.25) is 14.4 Å². The average molecular weight is 217 g/mol. The van der Waals surface area contributed by atoms with Gasteiger partial charge in [0.2, 0.25) is 5.91 Å². The zero-order valence-electron chi connectivity index (χ0n) is 8.69. The first-order valence-corrected chi connectivity index (χ1v) is 4.58. The summed E-state index contributed by atoms with van der Waals surface area (Å²) in [5, 5.41) is 19.4. The van der Waals surface area contributed by atoms with Crippen LogP contribution in [0.2, 0.25) is 0 Å². The molecule has 0 aliphatic carbocycles. The summed E-state index contributed by atoms with van der Waals surface area (Å²) < 4.78 is 0. The Kier molecular flexibility index (Phi) is 5.36. The molecule has 0 saturated carbocycles. The number of carbonyl (C=O) groups is 3. The molecule has 2 unspecified atom stereocenters. The maximum atomic E-state index is 11.1. The van der Waals surface area contributed by atoms with Crippen molar-refractivity contribution in [3.63, 3.8) is 0 Å². The van der Waals surface area contributed by atoms with Gasteiger partial charge in [0, 0.05) is 12.5 Å². The van der Waals surface area contributed by atoms with Gasteiger partial charge >= 0.3 is 11.9 Å². The van der Waals surface area contributed by atoms with Crippen LogP contribution in [0.3, 0.4) is 0 Å². The molecule has 86 valence electrons. The third-order valence-electron chi connectivity index (χ3n) is 2.09. The second kappa shape index (κ2) is 6.00. The van der Waals surface area contributed by atoms with Crippen molar-refractivity contribution in [2.45, 2.75) is 32.7 Å². The zero-order valence-corrected chi connectivity index (χ0v) is 8.69. The Morgan fingerprint density at radius 2 is 1.67 bits per heavy atom. The molecule has 0 heterocycles. The van der Waals surface area contributed by atoms with E-state index in [1.807, 2.05) is 0 Å². The summed E-state index contributed by atoms with van der Waals surface area (Å²) in [7, 11) is 0. The summed E-state index contributed by atoms with van der Waals surface area (Å²) in [4.78, 5) is 31.8. The van der Waals surface area contributed by atoms with Crippen LogP contribution in [0.1, 0.15) is 26.7 Å². The highest BCUT2D eigenvalue weighted by Gasteiger charge is 2.20. The van der Waals surface area contributed by atoms with Gasteiger partial charge < -0.3 is 15.5 Å². The predicted octanol–water partition coefficient (Wildman–Crippen LogP) is 0.0766. The Balaban J connectivity index is 3.96. The molecule has 6 heteroatoms. The third kappa shape index (κ3) is 5.66. The quantitative estimate of drug-likeness (QED) is 0.584. The minimum absolute atomic E-state index is 0.133. The lowest BCUT2D eigenvalue weighted by Crippen LogP contribution is -2.40. The maximum Gasteiger partial charge on any atom is 0.308 e. The fraction of sp³-hybridized carbons (Fsp3) is 0.667. The van der Waals surface area contributed by atoms with Crippen LogP contribution >= 0.6 is 0 Å². The molecule has 0 aliphatic rings. The van der Waals surface area contributed by atoms with Gasteiger partial charge in [-0.1, -0.05) is 0 Å². The number of amides is 1. The molecule has 0 spiro atoms. The van der Waals surface area contributed by atoms with Gasteiger partial charge in [0.05, 0.1) is 12.3 Å². The lowest BCUT2D eigenvalue weighted by molar-refractivity contribution is -0.143. The Morgan fingerprint density at radius 3 is 2.07 bits per heavy atom. The zero-order chi connectivity index (χ0) is 12.0. The minimum atomic E-state index is -1.05. The second-order valence-electron chi connectivity index (χ2n) is 3.38. The van der Waals surface area contributed by atoms with Crippen LogP contribution in [0.25, 0.3) is 0 Å². The van der Waals surface area contributed by atoms with Crippen LogP contribution in [0.4, 0.5) is 0 Å². The van der Waals surface area contributed by atoms with E-state index in [9.17, 15) is 14.4 Å². The smallest absolute Gasteiger partial charge is 0.308 e. The van der Waals surface area contributed by atoms with Crippen molar-refractivity contribution in [2.75, 3.05) is 0 Å². The number of carboxylic acids is 2. The third-order valence-corrected chi connectivity index (χ3v) is 2.09. The number of nitrogens with one attached hydrogen (secondary N) is 1. The Bertz CT molecular complexity index is 263. The molecule has 0 aromatic carbocycles. The summed E-state index contributed by atoms with van der Waals surface area (Å²) in [5.41, 5.74) is 0. The van der Waals surface area contributed by atoms with Gasteiger partial charge in [-0.2, -0.15) is 0 Å². The largest absolute Gasteiger partial charge is 0.481 e. The number of aliphatic carboxylic acids is 2. The van der Waals surface area contributed by atoms with E-state index in [0.29, 0.717) is 0 Å². The molecule has 0 saturated heterocycles. The summed E-state index contributed by atoms with van der Waals surface area (Å²) >= 11 is 0. The fourth-order valence-electron chi connectivity index (χ4n) is 0.885. The van der Waals surface area contributed by atoms with Crippen LogP contribution in [0.15, 0.2) is 0 Å². The molecule has 0 aromatic rings. The van der Waals surface area contributed by atoms with Gasteiger partial charge in [-0.05, 0) is 13.8 Å². The van der Waals surface area contributed by atoms with Gasteiger partial charge in [0.1, 0.15) is 0 Å². The van der Waals surface area contributed by atoms with E-state index in [0.717, 1.165) is 0 Å². The molecular formula is C9H15NO5. The van der Waals surface area contributed by atoms with Crippen LogP contribution in [0, 0.1) is 5.92 Å². The lowest BCUT2D eigenvalue weighted by Gasteiger charge is -2.17. The van der Waals surface area contributed by atoms with Crippen LogP contribution in [0.5, 0.6) is 0 Å². The second-order valence-corrected chi connectivity index (χ2v) is 3.38. The first-order valence-electron chi connectivity index (χ1n) is 4.58. The molecule has 15 heavy (non-hydrogen) atoms. The van der Waals surface area contributed by atoms with E-state index < -0.39 is 29.8 Å². The first kappa shape index (κ1) is 13.4. The summed E-state index contributed by atoms with van der Waals surface area (Å²) in [6, 6.07) is -0.510. The average Bonchev–Trinajstić information content (AvgIpc) is 2.13. The van der Waals surface area contributed by atoms with Gasteiger partial charge in [0.15, 0.2) is 0 Å². The molecule has 0 aromatic heterocycles. The Hall–Kier alpha value is -1.59. The van der Waals surface area contributed by atoms with Crippen molar-refractivity contribution in [3.05, 3.63) is 0 Å².